The zero-order valence-electron chi connectivity index (χ0n) is 10.3. The molecule has 86 valence electrons. The van der Waals surface area contributed by atoms with Gasteiger partial charge in [0.05, 0.1) is 0 Å². The van der Waals surface area contributed by atoms with Crippen molar-refractivity contribution in [3.8, 4) is 0 Å². The Morgan fingerprint density at radius 3 is 2.40 bits per heavy atom. The number of hydrogen-bond donors (Lipinski definition) is 0. The van der Waals surface area contributed by atoms with E-state index in [4.69, 9.17) is 0 Å². The van der Waals surface area contributed by atoms with Crippen LogP contribution in [-0.2, 0) is 0 Å². The first kappa shape index (κ1) is 12.5. The molecule has 1 heteroatoms. The highest BCUT2D eigenvalue weighted by Gasteiger charge is 2.10. The van der Waals surface area contributed by atoms with E-state index < -0.39 is 0 Å². The summed E-state index contributed by atoms with van der Waals surface area (Å²) in [5.41, 5.74) is 1.54. The highest BCUT2D eigenvalue weighted by atomic mass is 15.1. The van der Waals surface area contributed by atoms with Gasteiger partial charge in [0.1, 0.15) is 0 Å². The molecule has 0 aromatic carbocycles. The molecule has 2 rings (SSSR count). The molecule has 1 aliphatic carbocycles. The van der Waals surface area contributed by atoms with Gasteiger partial charge in [-0.1, -0.05) is 38.5 Å². The van der Waals surface area contributed by atoms with E-state index in [1.165, 1.54) is 57.3 Å². The Labute approximate surface area is 94.9 Å². The summed E-state index contributed by atoms with van der Waals surface area (Å²) in [5.74, 6) is 0. The SMILES string of the molecule is C1=CC(CN2CCCCC2)=CCC1.CC. The van der Waals surface area contributed by atoms with E-state index in [0.29, 0.717) is 0 Å². The van der Waals surface area contributed by atoms with Crippen LogP contribution in [-0.4, -0.2) is 24.5 Å². The zero-order valence-corrected chi connectivity index (χ0v) is 10.3. The van der Waals surface area contributed by atoms with E-state index in [2.05, 4.69) is 23.1 Å². The van der Waals surface area contributed by atoms with Gasteiger partial charge in [0.15, 0.2) is 0 Å². The van der Waals surface area contributed by atoms with Crippen LogP contribution in [0.5, 0.6) is 0 Å². The van der Waals surface area contributed by atoms with Crippen LogP contribution in [0.3, 0.4) is 0 Å². The van der Waals surface area contributed by atoms with Crippen molar-refractivity contribution in [2.24, 2.45) is 0 Å². The van der Waals surface area contributed by atoms with Gasteiger partial charge in [-0.05, 0) is 44.3 Å². The number of allylic oxidation sites excluding steroid dienone is 2. The summed E-state index contributed by atoms with van der Waals surface area (Å²) in [6.45, 7) is 7.81. The maximum atomic E-state index is 2.59. The Hall–Kier alpha value is -0.560. The molecule has 0 aromatic rings. The van der Waals surface area contributed by atoms with Crippen LogP contribution in [0.2, 0.25) is 0 Å². The summed E-state index contributed by atoms with van der Waals surface area (Å²) in [5, 5.41) is 0. The largest absolute Gasteiger partial charge is 0.299 e. The van der Waals surface area contributed by atoms with Crippen molar-refractivity contribution in [3.63, 3.8) is 0 Å². The molecule has 2 aliphatic rings. The number of piperidine rings is 1. The Bertz CT molecular complexity index is 209. The molecule has 0 saturated carbocycles. The van der Waals surface area contributed by atoms with Crippen LogP contribution in [0.15, 0.2) is 23.8 Å². The van der Waals surface area contributed by atoms with Crippen molar-refractivity contribution in [1.29, 1.82) is 0 Å². The molecule has 0 radical (unpaired) electrons. The second-order valence-corrected chi connectivity index (χ2v) is 4.10. The molecular weight excluding hydrogens is 182 g/mol. The summed E-state index contributed by atoms with van der Waals surface area (Å²) >= 11 is 0. The Morgan fingerprint density at radius 1 is 1.07 bits per heavy atom. The molecule has 1 aliphatic heterocycles. The van der Waals surface area contributed by atoms with Crippen molar-refractivity contribution < 1.29 is 0 Å². The van der Waals surface area contributed by atoms with Crippen LogP contribution in [0.25, 0.3) is 0 Å². The minimum absolute atomic E-state index is 1.19. The first-order valence-corrected chi connectivity index (χ1v) is 6.53. The summed E-state index contributed by atoms with van der Waals surface area (Å²) in [6, 6.07) is 0. The third-order valence-corrected chi connectivity index (χ3v) is 2.93. The van der Waals surface area contributed by atoms with E-state index >= 15 is 0 Å². The maximum absolute atomic E-state index is 2.59. The third-order valence-electron chi connectivity index (χ3n) is 2.93. The summed E-state index contributed by atoms with van der Waals surface area (Å²) in [7, 11) is 0. The predicted octanol–water partition coefficient (Wildman–Crippen LogP) is 3.77. The molecule has 0 bridgehead atoms. The Kier molecular flexibility index (Phi) is 6.42. The molecule has 0 amide bonds. The lowest BCUT2D eigenvalue weighted by atomic mass is 10.1. The summed E-state index contributed by atoms with van der Waals surface area (Å²) in [6.07, 6.45) is 13.7. The van der Waals surface area contributed by atoms with Gasteiger partial charge < -0.3 is 0 Å². The van der Waals surface area contributed by atoms with Crippen molar-refractivity contribution in [2.45, 2.75) is 46.0 Å². The molecule has 15 heavy (non-hydrogen) atoms. The topological polar surface area (TPSA) is 3.24 Å². The fraction of sp³-hybridized carbons (Fsp3) is 0.714. The minimum atomic E-state index is 1.19. The van der Waals surface area contributed by atoms with Crippen LogP contribution in [0.4, 0.5) is 0 Å². The third kappa shape index (κ3) is 4.65. The van der Waals surface area contributed by atoms with Gasteiger partial charge in [0, 0.05) is 6.54 Å². The number of likely N-dealkylation sites (tertiary alicyclic amines) is 1. The van der Waals surface area contributed by atoms with Crippen molar-refractivity contribution in [2.75, 3.05) is 19.6 Å². The van der Waals surface area contributed by atoms with Gasteiger partial charge in [0.25, 0.3) is 0 Å². The lowest BCUT2D eigenvalue weighted by Crippen LogP contribution is -2.31. The summed E-state index contributed by atoms with van der Waals surface area (Å²) in [4.78, 5) is 2.59. The summed E-state index contributed by atoms with van der Waals surface area (Å²) < 4.78 is 0. The molecule has 0 aromatic heterocycles. The molecule has 0 spiro atoms. The van der Waals surface area contributed by atoms with Crippen molar-refractivity contribution >= 4 is 0 Å². The van der Waals surface area contributed by atoms with Gasteiger partial charge in [-0.3, -0.25) is 4.90 Å². The van der Waals surface area contributed by atoms with Crippen molar-refractivity contribution in [3.05, 3.63) is 23.8 Å². The second-order valence-electron chi connectivity index (χ2n) is 4.10. The molecule has 1 heterocycles. The quantitative estimate of drug-likeness (QED) is 0.666. The highest BCUT2D eigenvalue weighted by molar-refractivity contribution is 5.23. The molecule has 1 nitrogen and oxygen atoms in total. The van der Waals surface area contributed by atoms with E-state index in [1.54, 1.807) is 0 Å². The first-order chi connectivity index (χ1) is 7.45. The average molecular weight is 207 g/mol. The monoisotopic (exact) mass is 207 g/mol. The van der Waals surface area contributed by atoms with Crippen LogP contribution < -0.4 is 0 Å². The Morgan fingerprint density at radius 2 is 1.80 bits per heavy atom. The van der Waals surface area contributed by atoms with Crippen LogP contribution >= 0.6 is 0 Å². The number of rotatable bonds is 2. The zero-order chi connectivity index (χ0) is 10.9. The van der Waals surface area contributed by atoms with E-state index in [0.717, 1.165) is 0 Å². The molecule has 0 atom stereocenters. The molecule has 0 N–H and O–H groups in total. The number of hydrogen-bond acceptors (Lipinski definition) is 1. The molecular formula is C14H25N. The standard InChI is InChI=1S/C12H19N.C2H6/c1-3-7-12(8-4-1)11-13-9-5-2-6-10-13;1-2/h3,7-8H,1-2,4-6,9-11H2;1-2H3. The van der Waals surface area contributed by atoms with E-state index in [1.807, 2.05) is 13.8 Å². The minimum Gasteiger partial charge on any atom is -0.299 e. The fourth-order valence-corrected chi connectivity index (χ4v) is 2.16. The lowest BCUT2D eigenvalue weighted by Gasteiger charge is -2.27. The number of nitrogens with zero attached hydrogens (tertiary/aromatic N) is 1. The lowest BCUT2D eigenvalue weighted by molar-refractivity contribution is 0.248. The molecule has 0 unspecified atom stereocenters. The van der Waals surface area contributed by atoms with Crippen LogP contribution in [0, 0.1) is 0 Å². The van der Waals surface area contributed by atoms with Crippen LogP contribution in [0.1, 0.15) is 46.0 Å². The van der Waals surface area contributed by atoms with Gasteiger partial charge in [-0.15, -0.1) is 0 Å². The smallest absolute Gasteiger partial charge is 0.0230 e. The maximum Gasteiger partial charge on any atom is 0.0230 e. The Balaban J connectivity index is 0.000000531. The molecule has 1 fully saturated rings. The molecule has 1 saturated heterocycles. The second kappa shape index (κ2) is 7.70. The normalized spacial score (nSPS) is 21.6. The van der Waals surface area contributed by atoms with E-state index in [-0.39, 0.29) is 0 Å². The van der Waals surface area contributed by atoms with E-state index in [9.17, 15) is 0 Å². The average Bonchev–Trinajstić information content (AvgIpc) is 2.34. The van der Waals surface area contributed by atoms with Gasteiger partial charge in [0.2, 0.25) is 0 Å². The van der Waals surface area contributed by atoms with Gasteiger partial charge in [-0.25, -0.2) is 0 Å². The fourth-order valence-electron chi connectivity index (χ4n) is 2.16. The van der Waals surface area contributed by atoms with Crippen molar-refractivity contribution in [1.82, 2.24) is 4.90 Å². The predicted molar refractivity (Wildman–Crippen MR) is 68.1 cm³/mol. The first-order valence-electron chi connectivity index (χ1n) is 6.53. The van der Waals surface area contributed by atoms with Gasteiger partial charge in [-0.2, -0.15) is 0 Å². The highest BCUT2D eigenvalue weighted by Crippen LogP contribution is 2.14. The van der Waals surface area contributed by atoms with Gasteiger partial charge >= 0.3 is 0 Å².